The molecule has 1 aromatic carbocycles. The molecule has 19 heavy (non-hydrogen) atoms. The minimum atomic E-state index is -3.21. The molecule has 0 aromatic heterocycles. The van der Waals surface area contributed by atoms with E-state index in [1.807, 2.05) is 12.1 Å². The van der Waals surface area contributed by atoms with E-state index in [9.17, 15) is 13.5 Å². The van der Waals surface area contributed by atoms with Crippen LogP contribution in [0.15, 0.2) is 29.2 Å². The Morgan fingerprint density at radius 3 is 2.63 bits per heavy atom. The fourth-order valence-corrected chi connectivity index (χ4v) is 4.37. The molecule has 5 heteroatoms. The monoisotopic (exact) mass is 281 g/mol. The first-order chi connectivity index (χ1) is 8.97. The van der Waals surface area contributed by atoms with Crippen LogP contribution in [0.3, 0.4) is 0 Å². The standard InChI is InChI=1S/C14H19NO3S/c1-19(17,18)14-5-3-2-4-12(14)15-8-10-6-7-13(16)11(10)9-15/h2-5,10-11,13,16H,6-9H2,1H3. The Bertz CT molecular complexity index is 584. The van der Waals surface area contributed by atoms with Gasteiger partial charge in [-0.05, 0) is 30.9 Å². The van der Waals surface area contributed by atoms with Crippen LogP contribution in [0.4, 0.5) is 5.69 Å². The average Bonchev–Trinajstić information content (AvgIpc) is 2.91. The zero-order chi connectivity index (χ0) is 13.6. The first-order valence-electron chi connectivity index (χ1n) is 6.69. The van der Waals surface area contributed by atoms with Crippen LogP contribution in [0.25, 0.3) is 0 Å². The Morgan fingerprint density at radius 2 is 1.95 bits per heavy atom. The average molecular weight is 281 g/mol. The molecule has 1 saturated heterocycles. The highest BCUT2D eigenvalue weighted by molar-refractivity contribution is 7.90. The smallest absolute Gasteiger partial charge is 0.177 e. The molecule has 1 aromatic rings. The van der Waals surface area contributed by atoms with Gasteiger partial charge in [-0.1, -0.05) is 12.1 Å². The van der Waals surface area contributed by atoms with E-state index < -0.39 is 9.84 Å². The van der Waals surface area contributed by atoms with Gasteiger partial charge in [-0.15, -0.1) is 0 Å². The number of hydrogen-bond donors (Lipinski definition) is 1. The first kappa shape index (κ1) is 12.9. The van der Waals surface area contributed by atoms with E-state index in [2.05, 4.69) is 4.90 Å². The lowest BCUT2D eigenvalue weighted by Crippen LogP contribution is -2.25. The molecule has 1 aliphatic heterocycles. The number of sulfone groups is 1. The number of aliphatic hydroxyl groups is 1. The highest BCUT2D eigenvalue weighted by atomic mass is 32.2. The summed E-state index contributed by atoms with van der Waals surface area (Å²) in [5, 5.41) is 9.95. The maximum absolute atomic E-state index is 11.8. The van der Waals surface area contributed by atoms with Crippen molar-refractivity contribution >= 4 is 15.5 Å². The third-order valence-corrected chi connectivity index (χ3v) is 5.57. The number of aliphatic hydroxyl groups excluding tert-OH is 1. The molecular weight excluding hydrogens is 262 g/mol. The zero-order valence-electron chi connectivity index (χ0n) is 11.0. The van der Waals surface area contributed by atoms with Crippen molar-refractivity contribution in [1.29, 1.82) is 0 Å². The normalized spacial score (nSPS) is 30.6. The largest absolute Gasteiger partial charge is 0.393 e. The van der Waals surface area contributed by atoms with Gasteiger partial charge >= 0.3 is 0 Å². The molecular formula is C14H19NO3S. The maximum Gasteiger partial charge on any atom is 0.177 e. The molecule has 1 N–H and O–H groups in total. The van der Waals surface area contributed by atoms with Gasteiger partial charge in [0, 0.05) is 25.3 Å². The molecule has 1 heterocycles. The summed E-state index contributed by atoms with van der Waals surface area (Å²) < 4.78 is 23.7. The minimum Gasteiger partial charge on any atom is -0.393 e. The molecule has 1 aliphatic carbocycles. The number of para-hydroxylation sites is 1. The molecule has 0 radical (unpaired) electrons. The van der Waals surface area contributed by atoms with Crippen molar-refractivity contribution in [1.82, 2.24) is 0 Å². The van der Waals surface area contributed by atoms with Gasteiger partial charge in [-0.2, -0.15) is 0 Å². The molecule has 3 unspecified atom stereocenters. The van der Waals surface area contributed by atoms with Crippen molar-refractivity contribution in [2.24, 2.45) is 11.8 Å². The Hall–Kier alpha value is -1.07. The summed E-state index contributed by atoms with van der Waals surface area (Å²) in [5.74, 6) is 0.801. The Kier molecular flexibility index (Phi) is 3.06. The van der Waals surface area contributed by atoms with Crippen LogP contribution in [0.2, 0.25) is 0 Å². The molecule has 3 atom stereocenters. The van der Waals surface area contributed by atoms with Crippen LogP contribution in [0.5, 0.6) is 0 Å². The molecule has 0 spiro atoms. The second kappa shape index (κ2) is 4.49. The second-order valence-electron chi connectivity index (χ2n) is 5.71. The van der Waals surface area contributed by atoms with Crippen LogP contribution < -0.4 is 4.90 Å². The van der Waals surface area contributed by atoms with E-state index >= 15 is 0 Å². The predicted octanol–water partition coefficient (Wildman–Crippen LogP) is 1.30. The summed E-state index contributed by atoms with van der Waals surface area (Å²) >= 11 is 0. The molecule has 4 nitrogen and oxygen atoms in total. The van der Waals surface area contributed by atoms with Crippen LogP contribution in [0, 0.1) is 11.8 Å². The first-order valence-corrected chi connectivity index (χ1v) is 8.58. The van der Waals surface area contributed by atoms with Gasteiger partial charge in [0.05, 0.1) is 16.7 Å². The van der Waals surface area contributed by atoms with Crippen LogP contribution in [-0.2, 0) is 9.84 Å². The van der Waals surface area contributed by atoms with E-state index in [0.717, 1.165) is 31.6 Å². The summed E-state index contributed by atoms with van der Waals surface area (Å²) in [6.07, 6.45) is 2.96. The topological polar surface area (TPSA) is 57.6 Å². The van der Waals surface area contributed by atoms with Gasteiger partial charge in [0.25, 0.3) is 0 Å². The number of rotatable bonds is 2. The quantitative estimate of drug-likeness (QED) is 0.887. The number of nitrogens with zero attached hydrogens (tertiary/aromatic N) is 1. The van der Waals surface area contributed by atoms with Crippen molar-refractivity contribution in [2.45, 2.75) is 23.8 Å². The lowest BCUT2D eigenvalue weighted by Gasteiger charge is -2.22. The Balaban J connectivity index is 1.93. The van der Waals surface area contributed by atoms with Gasteiger partial charge in [-0.3, -0.25) is 0 Å². The van der Waals surface area contributed by atoms with Crippen molar-refractivity contribution in [3.63, 3.8) is 0 Å². The van der Waals surface area contributed by atoms with Gasteiger partial charge in [0.2, 0.25) is 0 Å². The van der Waals surface area contributed by atoms with Crippen molar-refractivity contribution in [3.8, 4) is 0 Å². The predicted molar refractivity (Wildman–Crippen MR) is 74.0 cm³/mol. The molecule has 104 valence electrons. The minimum absolute atomic E-state index is 0.222. The zero-order valence-corrected chi connectivity index (χ0v) is 11.8. The lowest BCUT2D eigenvalue weighted by molar-refractivity contribution is 0.133. The lowest BCUT2D eigenvalue weighted by atomic mass is 10.00. The molecule has 1 saturated carbocycles. The van der Waals surface area contributed by atoms with Gasteiger partial charge in [0.1, 0.15) is 0 Å². The molecule has 0 amide bonds. The van der Waals surface area contributed by atoms with Crippen molar-refractivity contribution in [3.05, 3.63) is 24.3 Å². The van der Waals surface area contributed by atoms with E-state index in [1.54, 1.807) is 12.1 Å². The third kappa shape index (κ3) is 2.25. The van der Waals surface area contributed by atoms with E-state index in [4.69, 9.17) is 0 Å². The van der Waals surface area contributed by atoms with Crippen molar-refractivity contribution < 1.29 is 13.5 Å². The van der Waals surface area contributed by atoms with Gasteiger partial charge < -0.3 is 10.0 Å². The summed E-state index contributed by atoms with van der Waals surface area (Å²) in [6.45, 7) is 1.62. The maximum atomic E-state index is 11.8. The molecule has 0 bridgehead atoms. The summed E-state index contributed by atoms with van der Waals surface area (Å²) in [7, 11) is -3.21. The van der Waals surface area contributed by atoms with Crippen LogP contribution >= 0.6 is 0 Å². The van der Waals surface area contributed by atoms with Gasteiger partial charge in [0.15, 0.2) is 9.84 Å². The molecule has 2 fully saturated rings. The highest BCUT2D eigenvalue weighted by Gasteiger charge is 2.42. The van der Waals surface area contributed by atoms with E-state index in [1.165, 1.54) is 6.26 Å². The summed E-state index contributed by atoms with van der Waals surface area (Å²) in [4.78, 5) is 2.51. The van der Waals surface area contributed by atoms with E-state index in [0.29, 0.717) is 16.7 Å². The summed E-state index contributed by atoms with van der Waals surface area (Å²) in [5.41, 5.74) is 0.784. The number of anilines is 1. The van der Waals surface area contributed by atoms with Crippen LogP contribution in [0.1, 0.15) is 12.8 Å². The number of benzene rings is 1. The van der Waals surface area contributed by atoms with E-state index in [-0.39, 0.29) is 6.10 Å². The Labute approximate surface area is 114 Å². The second-order valence-corrected chi connectivity index (χ2v) is 7.70. The Morgan fingerprint density at radius 1 is 1.21 bits per heavy atom. The SMILES string of the molecule is CS(=O)(=O)c1ccccc1N1CC2CCC(O)C2C1. The fourth-order valence-electron chi connectivity index (χ4n) is 3.47. The third-order valence-electron chi connectivity index (χ3n) is 4.42. The fraction of sp³-hybridized carbons (Fsp3) is 0.571. The van der Waals surface area contributed by atoms with Gasteiger partial charge in [-0.25, -0.2) is 8.42 Å². The van der Waals surface area contributed by atoms with Crippen molar-refractivity contribution in [2.75, 3.05) is 24.2 Å². The number of fused-ring (bicyclic) bond motifs is 1. The molecule has 3 rings (SSSR count). The number of hydrogen-bond acceptors (Lipinski definition) is 4. The van der Waals surface area contributed by atoms with Crippen LogP contribution in [-0.4, -0.2) is 39.0 Å². The highest BCUT2D eigenvalue weighted by Crippen LogP contribution is 2.41. The summed E-state index contributed by atoms with van der Waals surface area (Å²) in [6, 6.07) is 7.15. The molecule has 2 aliphatic rings.